The van der Waals surface area contributed by atoms with E-state index < -0.39 is 15.8 Å². The van der Waals surface area contributed by atoms with Gasteiger partial charge in [-0.05, 0) is 47.8 Å². The zero-order chi connectivity index (χ0) is 15.6. The third-order valence-corrected chi connectivity index (χ3v) is 6.07. The number of ether oxygens (including phenoxy) is 1. The van der Waals surface area contributed by atoms with Gasteiger partial charge in [0.05, 0.1) is 6.10 Å². The molecular weight excluding hydrogens is 363 g/mol. The normalized spacial score (nSPS) is 18.0. The van der Waals surface area contributed by atoms with E-state index in [1.54, 1.807) is 0 Å². The van der Waals surface area contributed by atoms with Crippen LogP contribution in [0.25, 0.3) is 0 Å². The van der Waals surface area contributed by atoms with Crippen LogP contribution in [0.2, 0.25) is 0 Å². The Morgan fingerprint density at radius 1 is 1.43 bits per heavy atom. The Balaban J connectivity index is 2.22. The van der Waals surface area contributed by atoms with Gasteiger partial charge in [-0.1, -0.05) is 0 Å². The average Bonchev–Trinajstić information content (AvgIpc) is 2.43. The number of anilines is 1. The Morgan fingerprint density at radius 3 is 2.62 bits per heavy atom. The molecule has 118 valence electrons. The highest BCUT2D eigenvalue weighted by Gasteiger charge is 2.32. The van der Waals surface area contributed by atoms with Gasteiger partial charge in [-0.15, -0.1) is 0 Å². The molecular formula is C13H18BrFN2O3S. The molecule has 1 aromatic carbocycles. The Kier molecular flexibility index (Phi) is 5.24. The van der Waals surface area contributed by atoms with E-state index in [0.717, 1.165) is 12.1 Å². The zero-order valence-corrected chi connectivity index (χ0v) is 14.1. The lowest BCUT2D eigenvalue weighted by Gasteiger charge is -2.31. The van der Waals surface area contributed by atoms with Crippen LogP contribution >= 0.6 is 15.9 Å². The molecule has 1 fully saturated rings. The van der Waals surface area contributed by atoms with E-state index in [1.807, 2.05) is 6.92 Å². The maximum absolute atomic E-state index is 14.0. The Morgan fingerprint density at radius 2 is 2.05 bits per heavy atom. The standard InChI is InChI=1S/C13H18BrFN2O3S/c1-2-20-9-3-5-17(6-4-9)21(18,19)13-8-12(16)10(14)7-11(13)15/h7-9H,2-6,16H2,1H3. The number of piperidine rings is 1. The van der Waals surface area contributed by atoms with Crippen molar-refractivity contribution >= 4 is 31.6 Å². The van der Waals surface area contributed by atoms with Crippen molar-refractivity contribution < 1.29 is 17.5 Å². The fraction of sp³-hybridized carbons (Fsp3) is 0.538. The van der Waals surface area contributed by atoms with Gasteiger partial charge in [0, 0.05) is 29.9 Å². The van der Waals surface area contributed by atoms with Crippen LogP contribution in [-0.2, 0) is 14.8 Å². The molecule has 21 heavy (non-hydrogen) atoms. The van der Waals surface area contributed by atoms with Crippen molar-refractivity contribution in [3.63, 3.8) is 0 Å². The van der Waals surface area contributed by atoms with E-state index in [0.29, 0.717) is 37.0 Å². The van der Waals surface area contributed by atoms with Crippen LogP contribution in [0.1, 0.15) is 19.8 Å². The predicted molar refractivity (Wildman–Crippen MR) is 81.9 cm³/mol. The summed E-state index contributed by atoms with van der Waals surface area (Å²) in [6, 6.07) is 2.23. The number of hydrogen-bond donors (Lipinski definition) is 1. The Hall–Kier alpha value is -0.700. The minimum atomic E-state index is -3.87. The van der Waals surface area contributed by atoms with Gasteiger partial charge < -0.3 is 10.5 Å². The minimum absolute atomic E-state index is 0.0706. The van der Waals surface area contributed by atoms with E-state index in [4.69, 9.17) is 10.5 Å². The van der Waals surface area contributed by atoms with Gasteiger partial charge in [0.25, 0.3) is 0 Å². The lowest BCUT2D eigenvalue weighted by atomic mass is 10.1. The number of hydrogen-bond acceptors (Lipinski definition) is 4. The molecule has 1 aromatic rings. The molecule has 2 rings (SSSR count). The smallest absolute Gasteiger partial charge is 0.246 e. The van der Waals surface area contributed by atoms with Crippen molar-refractivity contribution in [3.8, 4) is 0 Å². The van der Waals surface area contributed by atoms with Crippen molar-refractivity contribution in [1.82, 2.24) is 4.31 Å². The summed E-state index contributed by atoms with van der Waals surface area (Å²) in [5, 5.41) is 0. The number of halogens is 2. The highest BCUT2D eigenvalue weighted by molar-refractivity contribution is 9.10. The van der Waals surface area contributed by atoms with Crippen LogP contribution in [0.5, 0.6) is 0 Å². The van der Waals surface area contributed by atoms with Crippen molar-refractivity contribution in [3.05, 3.63) is 22.4 Å². The zero-order valence-electron chi connectivity index (χ0n) is 11.7. The van der Waals surface area contributed by atoms with Gasteiger partial charge in [-0.25, -0.2) is 12.8 Å². The molecule has 0 atom stereocenters. The first-order valence-corrected chi connectivity index (χ1v) is 8.95. The average molecular weight is 381 g/mol. The molecule has 1 heterocycles. The first-order chi connectivity index (χ1) is 9.86. The molecule has 0 aromatic heterocycles. The van der Waals surface area contributed by atoms with Crippen LogP contribution in [-0.4, -0.2) is 38.5 Å². The molecule has 0 aliphatic carbocycles. The van der Waals surface area contributed by atoms with E-state index in [2.05, 4.69) is 15.9 Å². The molecule has 1 saturated heterocycles. The first kappa shape index (κ1) is 16.7. The number of rotatable bonds is 4. The fourth-order valence-electron chi connectivity index (χ4n) is 2.36. The molecule has 0 bridgehead atoms. The van der Waals surface area contributed by atoms with Crippen molar-refractivity contribution in [1.29, 1.82) is 0 Å². The van der Waals surface area contributed by atoms with Gasteiger partial charge >= 0.3 is 0 Å². The van der Waals surface area contributed by atoms with Crippen LogP contribution in [0.15, 0.2) is 21.5 Å². The molecule has 0 radical (unpaired) electrons. The number of nitrogens with two attached hydrogens (primary N) is 1. The minimum Gasteiger partial charge on any atom is -0.398 e. The monoisotopic (exact) mass is 380 g/mol. The molecule has 0 spiro atoms. The molecule has 1 aliphatic rings. The quantitative estimate of drug-likeness (QED) is 0.813. The van der Waals surface area contributed by atoms with Crippen molar-refractivity contribution in [2.45, 2.75) is 30.8 Å². The topological polar surface area (TPSA) is 72.6 Å². The summed E-state index contributed by atoms with van der Waals surface area (Å²) in [7, 11) is -3.87. The highest BCUT2D eigenvalue weighted by atomic mass is 79.9. The van der Waals surface area contributed by atoms with Gasteiger partial charge in [0.1, 0.15) is 10.7 Å². The molecule has 0 unspecified atom stereocenters. The number of nitrogens with zero attached hydrogens (tertiary/aromatic N) is 1. The summed E-state index contributed by atoms with van der Waals surface area (Å²) in [5.41, 5.74) is 5.85. The second-order valence-electron chi connectivity index (χ2n) is 4.86. The molecule has 0 saturated carbocycles. The number of nitrogen functional groups attached to an aromatic ring is 1. The van der Waals surface area contributed by atoms with Gasteiger partial charge in [-0.3, -0.25) is 0 Å². The van der Waals surface area contributed by atoms with E-state index in [-0.39, 0.29) is 16.7 Å². The fourth-order valence-corrected chi connectivity index (χ4v) is 4.22. The first-order valence-electron chi connectivity index (χ1n) is 6.72. The summed E-state index contributed by atoms with van der Waals surface area (Å²) in [6.07, 6.45) is 1.29. The highest BCUT2D eigenvalue weighted by Crippen LogP contribution is 2.29. The summed E-state index contributed by atoms with van der Waals surface area (Å²) in [6.45, 7) is 3.16. The third-order valence-electron chi connectivity index (χ3n) is 3.47. The summed E-state index contributed by atoms with van der Waals surface area (Å²) < 4.78 is 46.1. The number of benzene rings is 1. The Labute approximate surface area is 132 Å². The predicted octanol–water partition coefficient (Wildman–Crippen LogP) is 2.36. The van der Waals surface area contributed by atoms with Crippen LogP contribution in [0, 0.1) is 5.82 Å². The van der Waals surface area contributed by atoms with E-state index in [9.17, 15) is 12.8 Å². The number of sulfonamides is 1. The largest absolute Gasteiger partial charge is 0.398 e. The molecule has 1 aliphatic heterocycles. The van der Waals surface area contributed by atoms with E-state index in [1.165, 1.54) is 4.31 Å². The van der Waals surface area contributed by atoms with Gasteiger partial charge in [0.15, 0.2) is 0 Å². The summed E-state index contributed by atoms with van der Waals surface area (Å²) in [4.78, 5) is -0.377. The van der Waals surface area contributed by atoms with Crippen LogP contribution in [0.3, 0.4) is 0 Å². The lowest BCUT2D eigenvalue weighted by molar-refractivity contribution is 0.0290. The molecule has 5 nitrogen and oxygen atoms in total. The van der Waals surface area contributed by atoms with Crippen molar-refractivity contribution in [2.24, 2.45) is 0 Å². The molecule has 8 heteroatoms. The lowest BCUT2D eigenvalue weighted by Crippen LogP contribution is -2.41. The second kappa shape index (κ2) is 6.60. The van der Waals surface area contributed by atoms with Gasteiger partial charge in [-0.2, -0.15) is 4.31 Å². The maximum Gasteiger partial charge on any atom is 0.246 e. The van der Waals surface area contributed by atoms with E-state index >= 15 is 0 Å². The van der Waals surface area contributed by atoms with Crippen molar-refractivity contribution in [2.75, 3.05) is 25.4 Å². The molecule has 2 N–H and O–H groups in total. The summed E-state index contributed by atoms with van der Waals surface area (Å²) >= 11 is 3.08. The molecule has 0 amide bonds. The Bertz CT molecular complexity index is 616. The second-order valence-corrected chi connectivity index (χ2v) is 7.62. The van der Waals surface area contributed by atoms with Gasteiger partial charge in [0.2, 0.25) is 10.0 Å². The third kappa shape index (κ3) is 3.56. The maximum atomic E-state index is 14.0. The summed E-state index contributed by atoms with van der Waals surface area (Å²) in [5.74, 6) is -0.803. The van der Waals surface area contributed by atoms with Crippen LogP contribution < -0.4 is 5.73 Å². The van der Waals surface area contributed by atoms with Crippen LogP contribution in [0.4, 0.5) is 10.1 Å². The SMILES string of the molecule is CCOC1CCN(S(=O)(=O)c2cc(N)c(Br)cc2F)CC1.